The zero-order valence-corrected chi connectivity index (χ0v) is 15.7. The fraction of sp³-hybridized carbons (Fsp3) is 0.222. The molecule has 27 heavy (non-hydrogen) atoms. The second-order valence-electron chi connectivity index (χ2n) is 5.61. The third-order valence-electron chi connectivity index (χ3n) is 3.80. The SMILES string of the molecule is CNC(=O)CNC(=O)CSc1nnc(-c2ccoc2C)n1-c1ccccc1. The first-order chi connectivity index (χ1) is 13.1. The molecule has 2 aromatic heterocycles. The smallest absolute Gasteiger partial charge is 0.239 e. The third kappa shape index (κ3) is 4.37. The molecule has 140 valence electrons. The van der Waals surface area contributed by atoms with Crippen molar-refractivity contribution in [3.63, 3.8) is 0 Å². The summed E-state index contributed by atoms with van der Waals surface area (Å²) in [5.41, 5.74) is 1.72. The van der Waals surface area contributed by atoms with Crippen LogP contribution in [0.2, 0.25) is 0 Å². The minimum Gasteiger partial charge on any atom is -0.469 e. The van der Waals surface area contributed by atoms with E-state index in [9.17, 15) is 9.59 Å². The van der Waals surface area contributed by atoms with Gasteiger partial charge in [-0.15, -0.1) is 10.2 Å². The summed E-state index contributed by atoms with van der Waals surface area (Å²) in [5, 5.41) is 14.1. The van der Waals surface area contributed by atoms with Crippen molar-refractivity contribution in [2.24, 2.45) is 0 Å². The van der Waals surface area contributed by atoms with Crippen LogP contribution in [0.5, 0.6) is 0 Å². The number of amides is 2. The number of hydrogen-bond donors (Lipinski definition) is 2. The highest BCUT2D eigenvalue weighted by Crippen LogP contribution is 2.30. The Morgan fingerprint density at radius 2 is 1.93 bits per heavy atom. The van der Waals surface area contributed by atoms with E-state index in [4.69, 9.17) is 4.42 Å². The Morgan fingerprint density at radius 3 is 2.59 bits per heavy atom. The van der Waals surface area contributed by atoms with Crippen molar-refractivity contribution in [1.82, 2.24) is 25.4 Å². The second-order valence-corrected chi connectivity index (χ2v) is 6.55. The first kappa shape index (κ1) is 18.7. The summed E-state index contributed by atoms with van der Waals surface area (Å²) in [6.45, 7) is 1.80. The molecule has 0 spiro atoms. The highest BCUT2D eigenvalue weighted by atomic mass is 32.2. The molecular weight excluding hydrogens is 366 g/mol. The Labute approximate surface area is 160 Å². The Balaban J connectivity index is 1.84. The van der Waals surface area contributed by atoms with Crippen molar-refractivity contribution in [2.45, 2.75) is 12.1 Å². The quantitative estimate of drug-likeness (QED) is 0.601. The molecule has 9 heteroatoms. The molecule has 0 aliphatic carbocycles. The maximum Gasteiger partial charge on any atom is 0.239 e. The van der Waals surface area contributed by atoms with Crippen molar-refractivity contribution in [1.29, 1.82) is 0 Å². The van der Waals surface area contributed by atoms with Gasteiger partial charge in [-0.3, -0.25) is 14.2 Å². The number of nitrogens with zero attached hydrogens (tertiary/aromatic N) is 3. The molecule has 2 N–H and O–H groups in total. The molecule has 0 unspecified atom stereocenters. The fourth-order valence-electron chi connectivity index (χ4n) is 2.41. The number of thioether (sulfide) groups is 1. The van der Waals surface area contributed by atoms with Crippen LogP contribution < -0.4 is 10.6 Å². The number of hydrogen-bond acceptors (Lipinski definition) is 6. The van der Waals surface area contributed by atoms with Gasteiger partial charge in [0.15, 0.2) is 11.0 Å². The Hall–Kier alpha value is -3.07. The monoisotopic (exact) mass is 385 g/mol. The van der Waals surface area contributed by atoms with Crippen LogP contribution in [0.15, 0.2) is 52.2 Å². The number of carbonyl (C=O) groups is 2. The molecule has 0 atom stereocenters. The van der Waals surface area contributed by atoms with Crippen LogP contribution in [0.1, 0.15) is 5.76 Å². The van der Waals surface area contributed by atoms with Gasteiger partial charge in [0.1, 0.15) is 5.76 Å². The first-order valence-electron chi connectivity index (χ1n) is 8.25. The van der Waals surface area contributed by atoms with E-state index >= 15 is 0 Å². The number of likely N-dealkylation sites (N-methyl/N-ethyl adjacent to an activating group) is 1. The van der Waals surface area contributed by atoms with Gasteiger partial charge in [-0.25, -0.2) is 0 Å². The topological polar surface area (TPSA) is 102 Å². The molecule has 3 rings (SSSR count). The van der Waals surface area contributed by atoms with Crippen LogP contribution in [0, 0.1) is 6.92 Å². The summed E-state index contributed by atoms with van der Waals surface area (Å²) >= 11 is 1.25. The molecule has 0 aliphatic heterocycles. The van der Waals surface area contributed by atoms with Gasteiger partial charge in [-0.2, -0.15) is 0 Å². The van der Waals surface area contributed by atoms with Gasteiger partial charge in [0, 0.05) is 12.7 Å². The van der Waals surface area contributed by atoms with Crippen molar-refractivity contribution in [3.8, 4) is 17.1 Å². The number of carbonyl (C=O) groups excluding carboxylic acids is 2. The summed E-state index contributed by atoms with van der Waals surface area (Å²) in [6, 6.07) is 11.5. The molecule has 0 aliphatic rings. The number of benzene rings is 1. The summed E-state index contributed by atoms with van der Waals surface area (Å²) in [6.07, 6.45) is 1.60. The summed E-state index contributed by atoms with van der Waals surface area (Å²) in [5.74, 6) is 0.984. The lowest BCUT2D eigenvalue weighted by Gasteiger charge is -2.10. The lowest BCUT2D eigenvalue weighted by Crippen LogP contribution is -2.36. The maximum absolute atomic E-state index is 12.0. The molecule has 0 saturated heterocycles. The van der Waals surface area contributed by atoms with Crippen molar-refractivity contribution < 1.29 is 14.0 Å². The average molecular weight is 385 g/mol. The highest BCUT2D eigenvalue weighted by Gasteiger charge is 2.19. The molecule has 2 amide bonds. The van der Waals surface area contributed by atoms with E-state index in [1.807, 2.05) is 47.9 Å². The molecule has 8 nitrogen and oxygen atoms in total. The largest absolute Gasteiger partial charge is 0.469 e. The number of para-hydroxylation sites is 1. The number of aromatic nitrogens is 3. The number of aryl methyl sites for hydroxylation is 1. The van der Waals surface area contributed by atoms with Crippen LogP contribution in [-0.2, 0) is 9.59 Å². The minimum atomic E-state index is -0.257. The standard InChI is InChI=1S/C18H19N5O3S/c1-12-14(8-9-26-12)17-21-22-18(23(17)13-6-4-3-5-7-13)27-11-16(25)20-10-15(24)19-2/h3-9H,10-11H2,1-2H3,(H,19,24)(H,20,25). The Morgan fingerprint density at radius 1 is 1.15 bits per heavy atom. The van der Waals surface area contributed by atoms with E-state index in [1.54, 1.807) is 6.26 Å². The summed E-state index contributed by atoms with van der Waals surface area (Å²) < 4.78 is 7.28. The van der Waals surface area contributed by atoms with Gasteiger partial charge >= 0.3 is 0 Å². The average Bonchev–Trinajstić information content (AvgIpc) is 3.30. The van der Waals surface area contributed by atoms with Crippen molar-refractivity contribution in [3.05, 3.63) is 48.4 Å². The number of rotatable bonds is 7. The predicted octanol–water partition coefficient (Wildman–Crippen LogP) is 1.79. The highest BCUT2D eigenvalue weighted by molar-refractivity contribution is 7.99. The zero-order chi connectivity index (χ0) is 19.2. The minimum absolute atomic E-state index is 0.0548. The lowest BCUT2D eigenvalue weighted by molar-refractivity contribution is -0.124. The molecule has 0 radical (unpaired) electrons. The molecule has 0 bridgehead atoms. The molecule has 3 aromatic rings. The van der Waals surface area contributed by atoms with Crippen LogP contribution in [0.4, 0.5) is 0 Å². The van der Waals surface area contributed by atoms with E-state index in [2.05, 4.69) is 20.8 Å². The summed E-state index contributed by atoms with van der Waals surface area (Å²) in [4.78, 5) is 23.2. The normalized spacial score (nSPS) is 10.6. The van der Waals surface area contributed by atoms with Crippen LogP contribution in [0.25, 0.3) is 17.1 Å². The van der Waals surface area contributed by atoms with Crippen molar-refractivity contribution >= 4 is 23.6 Å². The maximum atomic E-state index is 12.0. The van der Waals surface area contributed by atoms with E-state index < -0.39 is 0 Å². The Bertz CT molecular complexity index is 936. The zero-order valence-electron chi connectivity index (χ0n) is 14.9. The molecule has 1 aromatic carbocycles. The van der Waals surface area contributed by atoms with E-state index in [0.717, 1.165) is 17.0 Å². The van der Waals surface area contributed by atoms with E-state index in [0.29, 0.717) is 11.0 Å². The molecule has 0 saturated carbocycles. The molecular formula is C18H19N5O3S. The fourth-order valence-corrected chi connectivity index (χ4v) is 3.19. The number of furan rings is 1. The van der Waals surface area contributed by atoms with Gasteiger partial charge in [0.2, 0.25) is 11.8 Å². The van der Waals surface area contributed by atoms with Gasteiger partial charge in [-0.1, -0.05) is 30.0 Å². The van der Waals surface area contributed by atoms with Gasteiger partial charge < -0.3 is 15.1 Å². The van der Waals surface area contributed by atoms with Crippen molar-refractivity contribution in [2.75, 3.05) is 19.3 Å². The molecule has 2 heterocycles. The first-order valence-corrected chi connectivity index (χ1v) is 9.24. The second kappa shape index (κ2) is 8.54. The summed E-state index contributed by atoms with van der Waals surface area (Å²) in [7, 11) is 1.52. The number of nitrogens with one attached hydrogen (secondary N) is 2. The van der Waals surface area contributed by atoms with E-state index in [-0.39, 0.29) is 24.1 Å². The van der Waals surface area contributed by atoms with Gasteiger partial charge in [0.25, 0.3) is 0 Å². The third-order valence-corrected chi connectivity index (χ3v) is 4.73. The van der Waals surface area contributed by atoms with Gasteiger partial charge in [-0.05, 0) is 25.1 Å². The lowest BCUT2D eigenvalue weighted by atomic mass is 10.2. The Kier molecular flexibility index (Phi) is 5.92. The molecule has 0 fully saturated rings. The van der Waals surface area contributed by atoms with Crippen LogP contribution in [0.3, 0.4) is 0 Å². The van der Waals surface area contributed by atoms with Gasteiger partial charge in [0.05, 0.1) is 24.1 Å². The predicted molar refractivity (Wildman–Crippen MR) is 102 cm³/mol. The van der Waals surface area contributed by atoms with Crippen LogP contribution in [-0.4, -0.2) is 45.9 Å². The van der Waals surface area contributed by atoms with Crippen LogP contribution >= 0.6 is 11.8 Å². The van der Waals surface area contributed by atoms with E-state index in [1.165, 1.54) is 18.8 Å².